The number of rotatable bonds is 6. The first-order chi connectivity index (χ1) is 18.1. The van der Waals surface area contributed by atoms with E-state index in [0.29, 0.717) is 30.3 Å². The average molecular weight is 546 g/mol. The zero-order valence-electron chi connectivity index (χ0n) is 21.4. The zero-order valence-corrected chi connectivity index (χ0v) is 22.2. The first-order valence-electron chi connectivity index (χ1n) is 12.3. The highest BCUT2D eigenvalue weighted by Crippen LogP contribution is 2.49. The number of aromatic nitrogens is 3. The third-order valence-corrected chi connectivity index (χ3v) is 8.23. The van der Waals surface area contributed by atoms with Gasteiger partial charge in [-0.15, -0.1) is 21.5 Å². The lowest BCUT2D eigenvalue weighted by molar-refractivity contribution is -0.129. The number of thiazole rings is 1. The van der Waals surface area contributed by atoms with Crippen molar-refractivity contribution in [2.24, 2.45) is 10.8 Å². The van der Waals surface area contributed by atoms with Crippen LogP contribution in [0.3, 0.4) is 0 Å². The summed E-state index contributed by atoms with van der Waals surface area (Å²) in [6.45, 7) is 5.92. The van der Waals surface area contributed by atoms with Crippen molar-refractivity contribution < 1.29 is 27.5 Å². The summed E-state index contributed by atoms with van der Waals surface area (Å²) >= 11 is 1.22. The fourth-order valence-electron chi connectivity index (χ4n) is 4.77. The molecule has 1 aliphatic carbocycles. The van der Waals surface area contributed by atoms with Gasteiger partial charge < -0.3 is 19.0 Å². The van der Waals surface area contributed by atoms with Crippen molar-refractivity contribution in [3.05, 3.63) is 58.2 Å². The summed E-state index contributed by atoms with van der Waals surface area (Å²) in [5.41, 5.74) is 1.48. The molecule has 1 saturated carbocycles. The van der Waals surface area contributed by atoms with E-state index in [0.717, 1.165) is 11.8 Å². The van der Waals surface area contributed by atoms with Gasteiger partial charge >= 0.3 is 5.92 Å². The monoisotopic (exact) mass is 545 g/mol. The molecule has 3 fully saturated rings. The van der Waals surface area contributed by atoms with Crippen LogP contribution >= 0.6 is 11.3 Å². The molecular weight excluding hydrogens is 516 g/mol. The van der Waals surface area contributed by atoms with E-state index in [2.05, 4.69) is 29.0 Å². The van der Waals surface area contributed by atoms with E-state index in [1.54, 1.807) is 15.3 Å². The number of alkyl halides is 2. The van der Waals surface area contributed by atoms with Crippen LogP contribution in [0.25, 0.3) is 0 Å². The maximum absolute atomic E-state index is 15.1. The molecule has 2 aliphatic heterocycles. The van der Waals surface area contributed by atoms with Crippen molar-refractivity contribution in [2.75, 3.05) is 33.3 Å². The van der Waals surface area contributed by atoms with Crippen LogP contribution in [-0.2, 0) is 10.7 Å². The number of ether oxygens (including phenoxy) is 1. The lowest BCUT2D eigenvalue weighted by atomic mass is 9.72. The van der Waals surface area contributed by atoms with Crippen LogP contribution < -0.4 is 4.74 Å². The van der Waals surface area contributed by atoms with Crippen LogP contribution in [0.2, 0.25) is 0 Å². The number of nitrogens with zero attached hydrogens (tertiary/aromatic N) is 5. The van der Waals surface area contributed by atoms with Crippen molar-refractivity contribution in [1.29, 1.82) is 0 Å². The van der Waals surface area contributed by atoms with Gasteiger partial charge in [-0.05, 0) is 42.5 Å². The predicted octanol–water partition coefficient (Wildman–Crippen LogP) is 4.18. The van der Waals surface area contributed by atoms with Gasteiger partial charge in [0.15, 0.2) is 0 Å². The molecule has 0 radical (unpaired) electrons. The molecule has 4 heterocycles. The highest BCUT2D eigenvalue weighted by atomic mass is 32.1. The molecule has 202 valence electrons. The molecule has 1 aromatic carbocycles. The Morgan fingerprint density at radius 2 is 1.87 bits per heavy atom. The minimum absolute atomic E-state index is 0.0309. The van der Waals surface area contributed by atoms with E-state index in [1.807, 2.05) is 0 Å². The van der Waals surface area contributed by atoms with Crippen molar-refractivity contribution in [3.8, 4) is 5.75 Å². The summed E-state index contributed by atoms with van der Waals surface area (Å²) in [7, 11) is 1.45. The van der Waals surface area contributed by atoms with Gasteiger partial charge in [-0.3, -0.25) is 14.6 Å². The van der Waals surface area contributed by atoms with Gasteiger partial charge in [0, 0.05) is 37.2 Å². The summed E-state index contributed by atoms with van der Waals surface area (Å²) < 4.78 is 40.6. The molecule has 1 unspecified atom stereocenters. The smallest absolute Gasteiger partial charge is 0.349 e. The van der Waals surface area contributed by atoms with Gasteiger partial charge in [0.2, 0.25) is 12.3 Å². The molecule has 2 amide bonds. The second-order valence-electron chi connectivity index (χ2n) is 10.9. The van der Waals surface area contributed by atoms with Crippen molar-refractivity contribution in [1.82, 2.24) is 25.0 Å². The maximum Gasteiger partial charge on any atom is 0.349 e. The minimum atomic E-state index is -3.50. The molecule has 9 nitrogen and oxygen atoms in total. The SMILES string of the molecule is CC1(C)CC1.COc1ccc(C(F)(F)c2nnc(C3CN(C(=O)c4cncs4)CC34CN(C=O)C4)o2)cc1. The number of likely N-dealkylation sites (tertiary alicyclic amines) is 2. The van der Waals surface area contributed by atoms with Gasteiger partial charge in [-0.2, -0.15) is 8.78 Å². The van der Waals surface area contributed by atoms with Crippen LogP contribution in [0.1, 0.15) is 59.6 Å². The number of carbonyl (C=O) groups excluding carboxylic acids is 2. The lowest BCUT2D eigenvalue weighted by Crippen LogP contribution is -2.59. The van der Waals surface area contributed by atoms with Gasteiger partial charge in [-0.1, -0.05) is 13.8 Å². The molecular formula is C26H29F2N5O4S. The van der Waals surface area contributed by atoms with Gasteiger partial charge in [0.25, 0.3) is 11.8 Å². The molecule has 12 heteroatoms. The Morgan fingerprint density at radius 3 is 2.42 bits per heavy atom. The van der Waals surface area contributed by atoms with E-state index in [9.17, 15) is 9.59 Å². The largest absolute Gasteiger partial charge is 0.497 e. The maximum atomic E-state index is 15.1. The van der Waals surface area contributed by atoms with Crippen molar-refractivity contribution >= 4 is 23.7 Å². The highest BCUT2D eigenvalue weighted by Gasteiger charge is 2.58. The Kier molecular flexibility index (Phi) is 6.70. The van der Waals surface area contributed by atoms with Gasteiger partial charge in [-0.25, -0.2) is 0 Å². The Bertz CT molecular complexity index is 1280. The minimum Gasteiger partial charge on any atom is -0.497 e. The van der Waals surface area contributed by atoms with E-state index in [-0.39, 0.29) is 23.9 Å². The topological polar surface area (TPSA) is 102 Å². The summed E-state index contributed by atoms with van der Waals surface area (Å²) in [6, 6.07) is 5.34. The molecule has 1 atom stereocenters. The summed E-state index contributed by atoms with van der Waals surface area (Å²) in [5, 5.41) is 7.57. The average Bonchev–Trinajstić information content (AvgIpc) is 3.40. The molecule has 38 heavy (non-hydrogen) atoms. The number of hydrogen-bond donors (Lipinski definition) is 0. The first-order valence-corrected chi connectivity index (χ1v) is 13.2. The molecule has 0 bridgehead atoms. The number of benzene rings is 1. The van der Waals surface area contributed by atoms with E-state index < -0.39 is 23.1 Å². The number of methoxy groups -OCH3 is 1. The first kappa shape index (κ1) is 26.2. The number of amides is 2. The van der Waals surface area contributed by atoms with Crippen LogP contribution in [-0.4, -0.2) is 70.6 Å². The normalized spacial score (nSPS) is 20.9. The molecule has 6 rings (SSSR count). The molecule has 1 spiro atoms. The van der Waals surface area contributed by atoms with Gasteiger partial charge in [0.1, 0.15) is 10.6 Å². The summed E-state index contributed by atoms with van der Waals surface area (Å²) in [4.78, 5) is 31.7. The number of hydrogen-bond acceptors (Lipinski definition) is 8. The van der Waals surface area contributed by atoms with E-state index in [1.165, 1.54) is 61.8 Å². The second kappa shape index (κ2) is 9.72. The van der Waals surface area contributed by atoms with Gasteiger partial charge in [0.05, 0.1) is 24.7 Å². The van der Waals surface area contributed by atoms with E-state index >= 15 is 8.78 Å². The van der Waals surface area contributed by atoms with Crippen LogP contribution in [0.4, 0.5) is 8.78 Å². The molecule has 3 aromatic rings. The van der Waals surface area contributed by atoms with Crippen LogP contribution in [0.15, 0.2) is 40.4 Å². The van der Waals surface area contributed by atoms with Crippen molar-refractivity contribution in [3.63, 3.8) is 0 Å². The Labute approximate surface area is 222 Å². The Balaban J connectivity index is 0.000000529. The standard InChI is InChI=1S/C21H19F2N5O4S.C5H10/c1-31-14-4-2-13(3-5-14)21(22,23)19-26-25-17(32-19)15-7-28(18(30)16-6-24-11-33-16)10-20(15)8-27(9-20)12-29;1-5(2)3-4-5/h2-6,11-12,15H,7-10H2,1H3;3-4H2,1-2H3. The molecule has 3 aliphatic rings. The third kappa shape index (κ3) is 5.01. The second-order valence-corrected chi connectivity index (χ2v) is 11.8. The Morgan fingerprint density at radius 1 is 1.18 bits per heavy atom. The molecule has 2 aromatic heterocycles. The van der Waals surface area contributed by atoms with Crippen molar-refractivity contribution in [2.45, 2.75) is 38.5 Å². The lowest BCUT2D eigenvalue weighted by Gasteiger charge is -2.48. The van der Waals surface area contributed by atoms with Crippen LogP contribution in [0, 0.1) is 10.8 Å². The third-order valence-electron chi connectivity index (χ3n) is 7.47. The molecule has 2 saturated heterocycles. The van der Waals surface area contributed by atoms with E-state index in [4.69, 9.17) is 9.15 Å². The number of halogens is 2. The Hall–Kier alpha value is -3.41. The fourth-order valence-corrected chi connectivity index (χ4v) is 5.36. The fraction of sp³-hybridized carbons (Fsp3) is 0.500. The number of carbonyl (C=O) groups is 2. The highest BCUT2D eigenvalue weighted by molar-refractivity contribution is 7.11. The summed E-state index contributed by atoms with van der Waals surface area (Å²) in [6.07, 6.45) is 5.12. The molecule has 0 N–H and O–H groups in total. The van der Waals surface area contributed by atoms with Crippen LogP contribution in [0.5, 0.6) is 5.75 Å². The summed E-state index contributed by atoms with van der Waals surface area (Å²) in [5.74, 6) is -4.52. The quantitative estimate of drug-likeness (QED) is 0.428. The predicted molar refractivity (Wildman–Crippen MR) is 134 cm³/mol. The zero-order chi connectivity index (χ0) is 27.1.